The minimum absolute atomic E-state index is 0.00247. The van der Waals surface area contributed by atoms with Crippen LogP contribution in [0.2, 0.25) is 0 Å². The number of amides is 2. The molecule has 4 aliphatic rings. The van der Waals surface area contributed by atoms with Crippen molar-refractivity contribution in [1.29, 1.82) is 0 Å². The number of carbonyl (C=O) groups is 3. The molecule has 5 heterocycles. The van der Waals surface area contributed by atoms with Gasteiger partial charge in [0.25, 0.3) is 5.91 Å². The number of rotatable bonds is 2. The number of halogens is 3. The molecule has 0 unspecified atom stereocenters. The Hall–Kier alpha value is -5.21. The van der Waals surface area contributed by atoms with Crippen LogP contribution in [0, 0.1) is 5.41 Å². The van der Waals surface area contributed by atoms with Gasteiger partial charge in [-0.1, -0.05) is 44.7 Å². The molecule has 0 atom stereocenters. The molecule has 46 heavy (non-hydrogen) atoms. The quantitative estimate of drug-likeness (QED) is 0.279. The Morgan fingerprint density at radius 1 is 1.04 bits per heavy atom. The first-order valence-corrected chi connectivity index (χ1v) is 14.1. The number of carboxylic acid groups (broad SMARTS) is 1. The number of nitrogens with one attached hydrogen (secondary N) is 2. The lowest BCUT2D eigenvalue weighted by Gasteiger charge is -2.32. The number of ether oxygens (including phenoxy) is 2. The molecule has 2 amide bonds. The van der Waals surface area contributed by atoms with Crippen molar-refractivity contribution in [2.75, 3.05) is 38.2 Å². The lowest BCUT2D eigenvalue weighted by atomic mass is 9.92. The maximum Gasteiger partial charge on any atom is 0.422 e. The van der Waals surface area contributed by atoms with Gasteiger partial charge in [-0.2, -0.15) is 28.1 Å². The molecule has 7 rings (SSSR count). The monoisotopic (exact) mass is 642 g/mol. The number of alkyl halides is 3. The summed E-state index contributed by atoms with van der Waals surface area (Å²) in [4.78, 5) is 50.5. The fourth-order valence-corrected chi connectivity index (χ4v) is 4.44. The highest BCUT2D eigenvalue weighted by atomic mass is 19.4. The summed E-state index contributed by atoms with van der Waals surface area (Å²) in [6.07, 6.45) is -4.48. The van der Waals surface area contributed by atoms with Crippen molar-refractivity contribution in [1.82, 2.24) is 25.2 Å². The van der Waals surface area contributed by atoms with Crippen LogP contribution in [0.1, 0.15) is 41.2 Å². The van der Waals surface area contributed by atoms with Crippen molar-refractivity contribution < 1.29 is 42.1 Å². The van der Waals surface area contributed by atoms with Crippen LogP contribution < -0.4 is 20.1 Å². The van der Waals surface area contributed by atoms with Gasteiger partial charge in [-0.15, -0.1) is 0 Å². The van der Waals surface area contributed by atoms with Crippen molar-refractivity contribution in [2.24, 2.45) is 5.41 Å². The van der Waals surface area contributed by atoms with E-state index in [1.807, 2.05) is 0 Å². The zero-order valence-corrected chi connectivity index (χ0v) is 25.2. The molecule has 0 saturated heterocycles. The molecule has 0 fully saturated rings. The number of nitrogens with zero attached hydrogens (tertiary/aromatic N) is 4. The topological polar surface area (TPSA) is 156 Å². The van der Waals surface area contributed by atoms with E-state index in [-0.39, 0.29) is 51.0 Å². The van der Waals surface area contributed by atoms with Gasteiger partial charge in [0.2, 0.25) is 5.95 Å². The predicted octanol–water partition coefficient (Wildman–Crippen LogP) is 3.63. The summed E-state index contributed by atoms with van der Waals surface area (Å²) in [7, 11) is 0. The average molecular weight is 643 g/mol. The maximum absolute atomic E-state index is 12.9. The van der Waals surface area contributed by atoms with E-state index in [1.54, 1.807) is 62.4 Å². The molecule has 15 heteroatoms. The summed E-state index contributed by atoms with van der Waals surface area (Å²) in [6, 6.07) is 12.9. The lowest BCUT2D eigenvalue weighted by Crippen LogP contribution is -2.47. The Kier molecular flexibility index (Phi) is 10.4. The second kappa shape index (κ2) is 14.3. The second-order valence-electron chi connectivity index (χ2n) is 11.5. The molecule has 0 radical (unpaired) electrons. The zero-order valence-electron chi connectivity index (χ0n) is 25.2. The van der Waals surface area contributed by atoms with E-state index in [0.29, 0.717) is 22.4 Å². The third kappa shape index (κ3) is 10.2. The first kappa shape index (κ1) is 33.7. The van der Waals surface area contributed by atoms with E-state index in [0.717, 1.165) is 10.5 Å². The normalized spacial score (nSPS) is 16.1. The van der Waals surface area contributed by atoms with Gasteiger partial charge < -0.3 is 30.1 Å². The van der Waals surface area contributed by atoms with Crippen LogP contribution in [0.3, 0.4) is 0 Å². The Labute approximate surface area is 262 Å². The van der Waals surface area contributed by atoms with Crippen LogP contribution in [0.5, 0.6) is 11.8 Å². The minimum atomic E-state index is -4.59. The predicted molar refractivity (Wildman–Crippen MR) is 159 cm³/mol. The number of carbonyl (C=O) groups excluding carboxylic acids is 2. The van der Waals surface area contributed by atoms with Gasteiger partial charge >= 0.3 is 24.1 Å². The highest BCUT2D eigenvalue weighted by Gasteiger charge is 2.30. The minimum Gasteiger partial charge on any atom is -0.489 e. The maximum atomic E-state index is 12.9. The van der Waals surface area contributed by atoms with Crippen molar-refractivity contribution in [3.63, 3.8) is 0 Å². The Balaban J connectivity index is 1.61. The highest BCUT2D eigenvalue weighted by molar-refractivity contribution is 6.31. The molecule has 3 N–H and O–H groups in total. The second-order valence-corrected chi connectivity index (χ2v) is 11.5. The van der Waals surface area contributed by atoms with E-state index in [9.17, 15) is 32.7 Å². The molecule has 1 aromatic heterocycles. The summed E-state index contributed by atoms with van der Waals surface area (Å²) >= 11 is 0. The van der Waals surface area contributed by atoms with Gasteiger partial charge in [0.05, 0.1) is 0 Å². The van der Waals surface area contributed by atoms with E-state index in [2.05, 4.69) is 32.2 Å². The Morgan fingerprint density at radius 2 is 1.72 bits per heavy atom. The number of hydrogen-bond donors (Lipinski definition) is 3. The summed E-state index contributed by atoms with van der Waals surface area (Å²) in [5, 5.41) is 15.2. The van der Waals surface area contributed by atoms with Gasteiger partial charge in [-0.25, -0.2) is 4.79 Å². The smallest absolute Gasteiger partial charge is 0.422 e. The molecule has 3 aromatic rings. The molecule has 0 saturated carbocycles. The van der Waals surface area contributed by atoms with Crippen LogP contribution in [0.4, 0.5) is 19.1 Å². The number of carboxylic acids is 1. The number of aromatic nitrogens is 3. The molecule has 2 aromatic carbocycles. The molecular formula is C31H33F3N6O6. The molecule has 6 bridgehead atoms. The number of aliphatic carboxylic acids is 1. The summed E-state index contributed by atoms with van der Waals surface area (Å²) < 4.78 is 49.0. The summed E-state index contributed by atoms with van der Waals surface area (Å²) in [5.41, 5.74) is 1.50. The Morgan fingerprint density at radius 3 is 2.37 bits per heavy atom. The van der Waals surface area contributed by atoms with Gasteiger partial charge in [0, 0.05) is 38.2 Å². The number of anilines is 1. The van der Waals surface area contributed by atoms with Gasteiger partial charge in [0.15, 0.2) is 6.61 Å². The van der Waals surface area contributed by atoms with E-state index in [4.69, 9.17) is 9.47 Å². The van der Waals surface area contributed by atoms with Gasteiger partial charge in [-0.3, -0.25) is 9.59 Å². The largest absolute Gasteiger partial charge is 0.489 e. The molecule has 0 aliphatic carbocycles. The molecule has 0 spiro atoms. The van der Waals surface area contributed by atoms with E-state index < -0.39 is 42.0 Å². The van der Waals surface area contributed by atoms with Gasteiger partial charge in [-0.05, 0) is 46.4 Å². The molecule has 12 nitrogen and oxygen atoms in total. The van der Waals surface area contributed by atoms with Crippen molar-refractivity contribution in [3.05, 3.63) is 83.2 Å². The van der Waals surface area contributed by atoms with Crippen LogP contribution in [0.15, 0.2) is 60.7 Å². The van der Waals surface area contributed by atoms with Crippen LogP contribution in [-0.2, 0) is 22.6 Å². The first-order chi connectivity index (χ1) is 21.7. The summed E-state index contributed by atoms with van der Waals surface area (Å²) in [5.74, 6) is -2.47. The molecule has 244 valence electrons. The number of hydrogen-bond acceptors (Lipinski definition) is 9. The molecular weight excluding hydrogens is 609 g/mol. The lowest BCUT2D eigenvalue weighted by molar-refractivity contribution is -0.156. The molecule has 4 aliphatic heterocycles. The van der Waals surface area contributed by atoms with Crippen molar-refractivity contribution in [3.8, 4) is 11.8 Å². The van der Waals surface area contributed by atoms with E-state index >= 15 is 0 Å². The van der Waals surface area contributed by atoms with Crippen molar-refractivity contribution >= 4 is 23.7 Å². The third-order valence-corrected chi connectivity index (χ3v) is 6.65. The van der Waals surface area contributed by atoms with Gasteiger partial charge in [0.1, 0.15) is 18.2 Å². The fourth-order valence-electron chi connectivity index (χ4n) is 4.44. The Bertz CT molecular complexity index is 1580. The van der Waals surface area contributed by atoms with Crippen LogP contribution in [-0.4, -0.2) is 81.8 Å². The standard InChI is InChI=1S/C31H33F3N6O6/c1-19-14-40(26(42)27(43)44)17-30(2,3)16-36-25(41)22-8-4-20(5-9-22)12-24-37-28(39-29(38-24)46-18-31(32,33)34)35-13-21-6-10-23(11-7-21)45-15-19/h4-11H,1,12-18H2,2-3H3,(H,36,41)(H,43,44)(H,35,37,38,39). The SMILES string of the molecule is C=C1COc2ccc(cc2)CNc2nc(nc(OCC(F)(F)F)n2)Cc2ccc(cc2)C(=O)NCC(C)(C)CN(C(=O)C(=O)O)C1. The van der Waals surface area contributed by atoms with Crippen LogP contribution in [0.25, 0.3) is 0 Å². The number of benzene rings is 2. The zero-order chi connectivity index (χ0) is 33.5. The average Bonchev–Trinajstić information content (AvgIpc) is 3.00. The van der Waals surface area contributed by atoms with Crippen molar-refractivity contribution in [2.45, 2.75) is 33.0 Å². The van der Waals surface area contributed by atoms with E-state index in [1.165, 1.54) is 0 Å². The summed E-state index contributed by atoms with van der Waals surface area (Å²) in [6.45, 7) is 6.21. The van der Waals surface area contributed by atoms with Crippen LogP contribution >= 0.6 is 0 Å². The fraction of sp³-hybridized carbons (Fsp3) is 0.355. The first-order valence-electron chi connectivity index (χ1n) is 14.1. The third-order valence-electron chi connectivity index (χ3n) is 6.65. The highest BCUT2D eigenvalue weighted by Crippen LogP contribution is 2.21.